The van der Waals surface area contributed by atoms with Crippen molar-refractivity contribution >= 4 is 29.3 Å². The molecular weight excluding hydrogens is 192 g/mol. The minimum absolute atomic E-state index is 1.05. The zero-order valence-corrected chi connectivity index (χ0v) is 8.21. The summed E-state index contributed by atoms with van der Waals surface area (Å²) in [5.74, 6) is 0. The van der Waals surface area contributed by atoms with E-state index in [4.69, 9.17) is 0 Å². The maximum absolute atomic E-state index is 4.31. The van der Waals surface area contributed by atoms with E-state index < -0.39 is 0 Å². The van der Waals surface area contributed by atoms with E-state index in [2.05, 4.69) is 28.5 Å². The van der Waals surface area contributed by atoms with Crippen molar-refractivity contribution in [3.63, 3.8) is 0 Å². The minimum atomic E-state index is 1.05. The summed E-state index contributed by atoms with van der Waals surface area (Å²) in [6, 6.07) is 8.22. The Labute approximate surface area is 85.2 Å². The van der Waals surface area contributed by atoms with E-state index in [1.165, 1.54) is 10.1 Å². The van der Waals surface area contributed by atoms with Crippen molar-refractivity contribution in [1.82, 2.24) is 4.98 Å². The SMILES string of the molecule is C1=c2ncsc2=CNc2ccccc21. The summed E-state index contributed by atoms with van der Waals surface area (Å²) in [4.78, 5) is 4.31. The summed E-state index contributed by atoms with van der Waals surface area (Å²) in [5.41, 5.74) is 4.19. The van der Waals surface area contributed by atoms with Gasteiger partial charge in [0.15, 0.2) is 0 Å². The quantitative estimate of drug-likeness (QED) is 0.689. The first-order chi connectivity index (χ1) is 6.93. The number of anilines is 1. The van der Waals surface area contributed by atoms with Crippen molar-refractivity contribution in [1.29, 1.82) is 0 Å². The zero-order chi connectivity index (χ0) is 9.38. The summed E-state index contributed by atoms with van der Waals surface area (Å²) < 4.78 is 1.18. The fraction of sp³-hybridized carbons (Fsp3) is 0. The van der Waals surface area contributed by atoms with Crippen LogP contribution in [-0.2, 0) is 0 Å². The number of fused-ring (bicyclic) bond motifs is 2. The predicted octanol–water partition coefficient (Wildman–Crippen LogP) is 1.14. The summed E-state index contributed by atoms with van der Waals surface area (Å²) in [6.45, 7) is 0. The molecule has 0 saturated carbocycles. The number of hydrogen-bond acceptors (Lipinski definition) is 3. The molecule has 0 radical (unpaired) electrons. The van der Waals surface area contributed by atoms with Gasteiger partial charge in [-0.2, -0.15) is 0 Å². The third-order valence-corrected chi connectivity index (χ3v) is 3.03. The Morgan fingerprint density at radius 1 is 1.21 bits per heavy atom. The Hall–Kier alpha value is -1.61. The van der Waals surface area contributed by atoms with E-state index in [1.807, 2.05) is 23.8 Å². The van der Waals surface area contributed by atoms with Crippen LogP contribution in [-0.4, -0.2) is 4.98 Å². The topological polar surface area (TPSA) is 24.9 Å². The Morgan fingerprint density at radius 2 is 2.14 bits per heavy atom. The molecule has 2 aromatic rings. The molecule has 1 aromatic carbocycles. The molecule has 0 atom stereocenters. The highest BCUT2D eigenvalue weighted by atomic mass is 32.1. The molecule has 1 aliphatic rings. The summed E-state index contributed by atoms with van der Waals surface area (Å²) in [5, 5.41) is 4.33. The number of thiazole rings is 1. The van der Waals surface area contributed by atoms with Gasteiger partial charge in [-0.15, -0.1) is 11.3 Å². The van der Waals surface area contributed by atoms with Crippen LogP contribution >= 0.6 is 11.3 Å². The average Bonchev–Trinajstić information content (AvgIpc) is 2.58. The molecule has 14 heavy (non-hydrogen) atoms. The smallest absolute Gasteiger partial charge is 0.0833 e. The van der Waals surface area contributed by atoms with Crippen LogP contribution in [0.5, 0.6) is 0 Å². The lowest BCUT2D eigenvalue weighted by Gasteiger charge is -2.02. The normalized spacial score (nSPS) is 12.6. The monoisotopic (exact) mass is 200 g/mol. The van der Waals surface area contributed by atoms with Crippen LogP contribution < -0.4 is 15.2 Å². The highest BCUT2D eigenvalue weighted by Gasteiger charge is 2.01. The van der Waals surface area contributed by atoms with Crippen molar-refractivity contribution in [2.45, 2.75) is 0 Å². The Balaban J connectivity index is 2.36. The zero-order valence-electron chi connectivity index (χ0n) is 7.40. The van der Waals surface area contributed by atoms with Gasteiger partial charge in [0.25, 0.3) is 0 Å². The first-order valence-electron chi connectivity index (χ1n) is 4.40. The molecule has 3 heteroatoms. The van der Waals surface area contributed by atoms with Crippen molar-refractivity contribution < 1.29 is 0 Å². The Bertz CT molecular complexity index is 583. The summed E-state index contributed by atoms with van der Waals surface area (Å²) >= 11 is 1.65. The highest BCUT2D eigenvalue weighted by molar-refractivity contribution is 7.07. The van der Waals surface area contributed by atoms with Gasteiger partial charge in [0.1, 0.15) is 0 Å². The molecular formula is C11H8N2S. The van der Waals surface area contributed by atoms with Gasteiger partial charge in [-0.3, -0.25) is 0 Å². The lowest BCUT2D eigenvalue weighted by atomic mass is 10.2. The van der Waals surface area contributed by atoms with Crippen molar-refractivity contribution in [2.24, 2.45) is 0 Å². The van der Waals surface area contributed by atoms with Crippen LogP contribution in [0, 0.1) is 0 Å². The van der Waals surface area contributed by atoms with Crippen molar-refractivity contribution in [3.05, 3.63) is 45.2 Å². The molecule has 0 spiro atoms. The molecule has 0 bridgehead atoms. The van der Waals surface area contributed by atoms with Gasteiger partial charge in [0.2, 0.25) is 0 Å². The second-order valence-corrected chi connectivity index (χ2v) is 4.01. The first-order valence-corrected chi connectivity index (χ1v) is 5.28. The predicted molar refractivity (Wildman–Crippen MR) is 59.5 cm³/mol. The molecule has 1 aliphatic heterocycles. The molecule has 0 amide bonds. The van der Waals surface area contributed by atoms with Crippen LogP contribution in [0.1, 0.15) is 5.56 Å². The molecule has 2 nitrogen and oxygen atoms in total. The van der Waals surface area contributed by atoms with Gasteiger partial charge >= 0.3 is 0 Å². The number of aromatic nitrogens is 1. The summed E-state index contributed by atoms with van der Waals surface area (Å²) in [6.07, 6.45) is 4.12. The number of hydrogen-bond donors (Lipinski definition) is 1. The molecule has 0 aliphatic carbocycles. The number of nitrogens with one attached hydrogen (secondary N) is 1. The van der Waals surface area contributed by atoms with Gasteiger partial charge in [0, 0.05) is 17.5 Å². The summed E-state index contributed by atoms with van der Waals surface area (Å²) in [7, 11) is 0. The second kappa shape index (κ2) is 2.96. The molecule has 2 heterocycles. The van der Waals surface area contributed by atoms with Crippen molar-refractivity contribution in [3.8, 4) is 0 Å². The van der Waals surface area contributed by atoms with Crippen LogP contribution in [0.15, 0.2) is 29.8 Å². The largest absolute Gasteiger partial charge is 0.360 e. The van der Waals surface area contributed by atoms with E-state index in [0.717, 1.165) is 11.0 Å². The van der Waals surface area contributed by atoms with E-state index in [9.17, 15) is 0 Å². The van der Waals surface area contributed by atoms with E-state index in [0.29, 0.717) is 0 Å². The second-order valence-electron chi connectivity index (χ2n) is 3.12. The van der Waals surface area contributed by atoms with Gasteiger partial charge < -0.3 is 5.32 Å². The molecule has 0 unspecified atom stereocenters. The fourth-order valence-corrected chi connectivity index (χ4v) is 2.16. The van der Waals surface area contributed by atoms with Crippen molar-refractivity contribution in [2.75, 3.05) is 5.32 Å². The Kier molecular flexibility index (Phi) is 1.64. The average molecular weight is 200 g/mol. The van der Waals surface area contributed by atoms with Gasteiger partial charge in [-0.05, 0) is 12.1 Å². The van der Waals surface area contributed by atoms with Gasteiger partial charge in [-0.25, -0.2) is 4.98 Å². The molecule has 3 rings (SSSR count). The van der Waals surface area contributed by atoms with E-state index >= 15 is 0 Å². The molecule has 1 aromatic heterocycles. The van der Waals surface area contributed by atoms with Crippen LogP contribution in [0.2, 0.25) is 0 Å². The van der Waals surface area contributed by atoms with Crippen LogP contribution in [0.25, 0.3) is 12.3 Å². The van der Waals surface area contributed by atoms with Gasteiger partial charge in [0.05, 0.1) is 15.4 Å². The van der Waals surface area contributed by atoms with Crippen LogP contribution in [0.4, 0.5) is 5.69 Å². The number of benzene rings is 1. The van der Waals surface area contributed by atoms with Crippen LogP contribution in [0.3, 0.4) is 0 Å². The maximum atomic E-state index is 4.31. The van der Waals surface area contributed by atoms with E-state index in [1.54, 1.807) is 11.3 Å². The third kappa shape index (κ3) is 1.14. The number of rotatable bonds is 0. The molecule has 0 fully saturated rings. The molecule has 0 saturated heterocycles. The lowest BCUT2D eigenvalue weighted by molar-refractivity contribution is 1.32. The van der Waals surface area contributed by atoms with E-state index in [-0.39, 0.29) is 0 Å². The molecule has 68 valence electrons. The maximum Gasteiger partial charge on any atom is 0.0833 e. The highest BCUT2D eigenvalue weighted by Crippen LogP contribution is 2.16. The first kappa shape index (κ1) is 7.76. The third-order valence-electron chi connectivity index (χ3n) is 2.24. The molecule has 1 N–H and O–H groups in total. The standard InChI is InChI=1S/C11H8N2S/c1-2-4-9-8(3-1)5-10-11(6-12-9)14-7-13-10/h1-7,12H. The van der Waals surface area contributed by atoms with Gasteiger partial charge in [-0.1, -0.05) is 18.2 Å². The fourth-order valence-electron chi connectivity index (χ4n) is 1.53. The minimum Gasteiger partial charge on any atom is -0.360 e. The number of nitrogens with zero attached hydrogens (tertiary/aromatic N) is 1. The lowest BCUT2D eigenvalue weighted by Crippen LogP contribution is -2.20. The Morgan fingerprint density at radius 3 is 3.14 bits per heavy atom. The number of para-hydroxylation sites is 1.